The van der Waals surface area contributed by atoms with Gasteiger partial charge >= 0.3 is 0 Å². The minimum absolute atomic E-state index is 0.219. The fraction of sp³-hybridized carbons (Fsp3) is 1.00. The molecule has 1 saturated heterocycles. The summed E-state index contributed by atoms with van der Waals surface area (Å²) in [5, 5.41) is 0. The molecule has 102 valence electrons. The van der Waals surface area contributed by atoms with Crippen molar-refractivity contribution in [2.75, 3.05) is 32.7 Å². The Kier molecular flexibility index (Phi) is 5.90. The van der Waals surface area contributed by atoms with Crippen molar-refractivity contribution >= 4 is 0 Å². The van der Waals surface area contributed by atoms with Gasteiger partial charge in [-0.1, -0.05) is 27.2 Å². The fourth-order valence-corrected chi connectivity index (χ4v) is 3.20. The van der Waals surface area contributed by atoms with E-state index in [1.54, 1.807) is 0 Å². The number of hydrogen-bond donors (Lipinski definition) is 1. The maximum Gasteiger partial charge on any atom is 0.0304 e. The Balaban J connectivity index is 2.59. The molecule has 0 spiro atoms. The summed E-state index contributed by atoms with van der Waals surface area (Å²) < 4.78 is 0. The number of likely N-dealkylation sites (tertiary alicyclic amines) is 1. The highest BCUT2D eigenvalue weighted by Crippen LogP contribution is 2.27. The molecule has 0 aromatic rings. The van der Waals surface area contributed by atoms with Gasteiger partial charge in [0.15, 0.2) is 0 Å². The van der Waals surface area contributed by atoms with Crippen LogP contribution in [-0.2, 0) is 0 Å². The topological polar surface area (TPSA) is 32.5 Å². The SMILES string of the molecule is CCCC(C)(CN)N1CCC(N(CC)CC)C1. The van der Waals surface area contributed by atoms with Crippen LogP contribution in [0.2, 0.25) is 0 Å². The molecule has 0 aromatic carbocycles. The van der Waals surface area contributed by atoms with Gasteiger partial charge in [-0.25, -0.2) is 0 Å². The van der Waals surface area contributed by atoms with Crippen LogP contribution in [-0.4, -0.2) is 54.1 Å². The third-order valence-corrected chi connectivity index (χ3v) is 4.48. The van der Waals surface area contributed by atoms with Crippen LogP contribution in [0.25, 0.3) is 0 Å². The van der Waals surface area contributed by atoms with Crippen molar-refractivity contribution in [1.29, 1.82) is 0 Å². The molecule has 0 aliphatic carbocycles. The second-order valence-corrected chi connectivity index (χ2v) is 5.56. The molecule has 0 radical (unpaired) electrons. The van der Waals surface area contributed by atoms with Crippen LogP contribution < -0.4 is 5.73 Å². The molecule has 2 unspecified atom stereocenters. The first-order valence-corrected chi connectivity index (χ1v) is 7.30. The quantitative estimate of drug-likeness (QED) is 0.739. The Morgan fingerprint density at radius 3 is 2.41 bits per heavy atom. The molecule has 2 N–H and O–H groups in total. The second-order valence-electron chi connectivity index (χ2n) is 5.56. The molecule has 1 rings (SSSR count). The van der Waals surface area contributed by atoms with Crippen LogP contribution in [0.4, 0.5) is 0 Å². The van der Waals surface area contributed by atoms with Gasteiger partial charge in [0.05, 0.1) is 0 Å². The molecule has 1 fully saturated rings. The van der Waals surface area contributed by atoms with E-state index in [-0.39, 0.29) is 5.54 Å². The zero-order valence-corrected chi connectivity index (χ0v) is 12.2. The second kappa shape index (κ2) is 6.72. The molecule has 1 aliphatic rings. The van der Waals surface area contributed by atoms with E-state index in [4.69, 9.17) is 5.73 Å². The van der Waals surface area contributed by atoms with Crippen molar-refractivity contribution in [3.8, 4) is 0 Å². The first kappa shape index (κ1) is 14.9. The first-order chi connectivity index (χ1) is 8.11. The van der Waals surface area contributed by atoms with Crippen LogP contribution in [0.15, 0.2) is 0 Å². The average Bonchev–Trinajstić information content (AvgIpc) is 2.81. The highest BCUT2D eigenvalue weighted by atomic mass is 15.3. The van der Waals surface area contributed by atoms with Crippen molar-refractivity contribution < 1.29 is 0 Å². The highest BCUT2D eigenvalue weighted by Gasteiger charge is 2.36. The van der Waals surface area contributed by atoms with Crippen LogP contribution in [0.5, 0.6) is 0 Å². The maximum atomic E-state index is 6.00. The van der Waals surface area contributed by atoms with E-state index in [0.717, 1.165) is 12.6 Å². The molecule has 2 atom stereocenters. The van der Waals surface area contributed by atoms with Gasteiger partial charge in [0, 0.05) is 31.2 Å². The minimum Gasteiger partial charge on any atom is -0.329 e. The predicted octanol–water partition coefficient (Wildman–Crippen LogP) is 1.92. The lowest BCUT2D eigenvalue weighted by atomic mass is 9.94. The number of nitrogens with two attached hydrogens (primary N) is 1. The molecule has 1 aliphatic heterocycles. The van der Waals surface area contributed by atoms with E-state index in [9.17, 15) is 0 Å². The van der Waals surface area contributed by atoms with E-state index in [0.29, 0.717) is 0 Å². The van der Waals surface area contributed by atoms with Crippen LogP contribution >= 0.6 is 0 Å². The molecule has 0 bridgehead atoms. The minimum atomic E-state index is 0.219. The van der Waals surface area contributed by atoms with Gasteiger partial charge in [0.1, 0.15) is 0 Å². The molecule has 17 heavy (non-hydrogen) atoms. The molecular formula is C14H31N3. The monoisotopic (exact) mass is 241 g/mol. The van der Waals surface area contributed by atoms with Crippen molar-refractivity contribution in [3.05, 3.63) is 0 Å². The number of likely N-dealkylation sites (N-methyl/N-ethyl adjacent to an activating group) is 1. The lowest BCUT2D eigenvalue weighted by Gasteiger charge is -2.38. The number of nitrogens with zero attached hydrogens (tertiary/aromatic N) is 2. The third-order valence-electron chi connectivity index (χ3n) is 4.48. The molecule has 3 heteroatoms. The number of rotatable bonds is 7. The van der Waals surface area contributed by atoms with Gasteiger partial charge in [0.2, 0.25) is 0 Å². The summed E-state index contributed by atoms with van der Waals surface area (Å²) in [7, 11) is 0. The van der Waals surface area contributed by atoms with Crippen LogP contribution in [0, 0.1) is 0 Å². The lowest BCUT2D eigenvalue weighted by molar-refractivity contribution is 0.115. The summed E-state index contributed by atoms with van der Waals surface area (Å²) in [4.78, 5) is 5.21. The molecule has 0 saturated carbocycles. The van der Waals surface area contributed by atoms with Gasteiger partial charge in [-0.3, -0.25) is 9.80 Å². The average molecular weight is 241 g/mol. The van der Waals surface area contributed by atoms with E-state index in [1.165, 1.54) is 45.4 Å². The van der Waals surface area contributed by atoms with Crippen molar-refractivity contribution in [2.24, 2.45) is 5.73 Å². The summed E-state index contributed by atoms with van der Waals surface area (Å²) in [5.74, 6) is 0. The van der Waals surface area contributed by atoms with Crippen molar-refractivity contribution in [3.63, 3.8) is 0 Å². The molecular weight excluding hydrogens is 210 g/mol. The summed E-state index contributed by atoms with van der Waals surface area (Å²) in [6.45, 7) is 14.7. The first-order valence-electron chi connectivity index (χ1n) is 7.30. The summed E-state index contributed by atoms with van der Waals surface area (Å²) in [6.07, 6.45) is 3.75. The van der Waals surface area contributed by atoms with Crippen molar-refractivity contribution in [1.82, 2.24) is 9.80 Å². The lowest BCUT2D eigenvalue weighted by Crippen LogP contribution is -2.51. The molecule has 0 amide bonds. The zero-order valence-electron chi connectivity index (χ0n) is 12.2. The van der Waals surface area contributed by atoms with E-state index < -0.39 is 0 Å². The highest BCUT2D eigenvalue weighted by molar-refractivity contribution is 4.94. The standard InChI is InChI=1S/C14H31N3/c1-5-9-14(4,12-15)17-10-8-13(11-17)16(6-2)7-3/h13H,5-12,15H2,1-4H3. The van der Waals surface area contributed by atoms with Gasteiger partial charge in [-0.15, -0.1) is 0 Å². The van der Waals surface area contributed by atoms with Gasteiger partial charge in [0.25, 0.3) is 0 Å². The molecule has 1 heterocycles. The maximum absolute atomic E-state index is 6.00. The third kappa shape index (κ3) is 3.43. The van der Waals surface area contributed by atoms with Crippen molar-refractivity contribution in [2.45, 2.75) is 58.5 Å². The Bertz CT molecular complexity index is 216. The molecule has 0 aromatic heterocycles. The van der Waals surface area contributed by atoms with E-state index in [2.05, 4.69) is 37.5 Å². The normalized spacial score (nSPS) is 25.4. The molecule has 3 nitrogen and oxygen atoms in total. The largest absolute Gasteiger partial charge is 0.329 e. The Morgan fingerprint density at radius 2 is 1.94 bits per heavy atom. The summed E-state index contributed by atoms with van der Waals surface area (Å²) >= 11 is 0. The fourth-order valence-electron chi connectivity index (χ4n) is 3.20. The van der Waals surface area contributed by atoms with E-state index >= 15 is 0 Å². The van der Waals surface area contributed by atoms with Gasteiger partial charge in [-0.05, 0) is 32.9 Å². The Labute approximate surface area is 107 Å². The van der Waals surface area contributed by atoms with Crippen LogP contribution in [0.1, 0.15) is 47.0 Å². The zero-order chi connectivity index (χ0) is 12.9. The Hall–Kier alpha value is -0.120. The number of hydrogen-bond acceptors (Lipinski definition) is 3. The smallest absolute Gasteiger partial charge is 0.0304 e. The summed E-state index contributed by atoms with van der Waals surface area (Å²) in [6, 6.07) is 0.743. The van der Waals surface area contributed by atoms with E-state index in [1.807, 2.05) is 0 Å². The predicted molar refractivity (Wildman–Crippen MR) is 75.3 cm³/mol. The Morgan fingerprint density at radius 1 is 1.29 bits per heavy atom. The van der Waals surface area contributed by atoms with Gasteiger partial charge in [-0.2, -0.15) is 0 Å². The summed E-state index contributed by atoms with van der Waals surface area (Å²) in [5.41, 5.74) is 6.22. The van der Waals surface area contributed by atoms with Crippen LogP contribution in [0.3, 0.4) is 0 Å². The van der Waals surface area contributed by atoms with Gasteiger partial charge < -0.3 is 5.73 Å².